The second-order valence-corrected chi connectivity index (χ2v) is 11.0. The van der Waals surface area contributed by atoms with Crippen LogP contribution in [0.15, 0.2) is 0 Å². The molecule has 2 aliphatic rings. The van der Waals surface area contributed by atoms with E-state index in [9.17, 15) is 40.5 Å². The van der Waals surface area contributed by atoms with E-state index in [-0.39, 0.29) is 6.42 Å². The van der Waals surface area contributed by atoms with Gasteiger partial charge < -0.3 is 54.7 Å². The molecule has 0 spiro atoms. The van der Waals surface area contributed by atoms with Gasteiger partial charge in [0.15, 0.2) is 12.6 Å². The number of esters is 1. The topological polar surface area (TPSA) is 196 Å². The van der Waals surface area contributed by atoms with Gasteiger partial charge in [-0.15, -0.1) is 0 Å². The Balaban J connectivity index is 1.65. The number of ether oxygens (including phenoxy) is 4. The Morgan fingerprint density at radius 3 is 1.75 bits per heavy atom. The SMILES string of the molecule is CCCCCCCCCCCCCCCC(=O)OC[C@H]1O[C@@H](O[C@H]2[C@H](O)[C@@H](O)[C@@H](O)O[C@@H]2CO)[C@H](O)[C@@H](O)[C@H]1O. The summed E-state index contributed by atoms with van der Waals surface area (Å²) in [6.07, 6.45) is -0.238. The third-order valence-electron chi connectivity index (χ3n) is 7.69. The Hall–Kier alpha value is -0.930. The Labute approximate surface area is 237 Å². The first-order chi connectivity index (χ1) is 19.2. The Kier molecular flexibility index (Phi) is 17.0. The van der Waals surface area contributed by atoms with Crippen LogP contribution < -0.4 is 0 Å². The third kappa shape index (κ3) is 11.4. The first-order valence-electron chi connectivity index (χ1n) is 15.0. The van der Waals surface area contributed by atoms with Crippen molar-refractivity contribution in [2.45, 2.75) is 158 Å². The van der Waals surface area contributed by atoms with Crippen LogP contribution in [0, 0.1) is 0 Å². The van der Waals surface area contributed by atoms with Gasteiger partial charge in [-0.25, -0.2) is 0 Å². The van der Waals surface area contributed by atoms with Gasteiger partial charge in [0, 0.05) is 6.42 Å². The number of unbranched alkanes of at least 4 members (excludes halogenated alkanes) is 12. The molecular formula is C28H52O12. The van der Waals surface area contributed by atoms with Gasteiger partial charge in [-0.05, 0) is 6.42 Å². The zero-order valence-electron chi connectivity index (χ0n) is 23.8. The summed E-state index contributed by atoms with van der Waals surface area (Å²) in [5.41, 5.74) is 0. The highest BCUT2D eigenvalue weighted by atomic mass is 16.7. The molecule has 2 heterocycles. The zero-order valence-corrected chi connectivity index (χ0v) is 23.8. The number of carbonyl (C=O) groups is 1. The molecule has 2 aliphatic heterocycles. The van der Waals surface area contributed by atoms with Crippen LogP contribution in [0.3, 0.4) is 0 Å². The minimum atomic E-state index is -1.77. The molecule has 12 heteroatoms. The van der Waals surface area contributed by atoms with Crippen LogP contribution in [0.25, 0.3) is 0 Å². The molecule has 0 aromatic carbocycles. The van der Waals surface area contributed by atoms with Crippen LogP contribution >= 0.6 is 0 Å². The molecule has 0 unspecified atom stereocenters. The minimum absolute atomic E-state index is 0.204. The van der Waals surface area contributed by atoms with E-state index in [1.807, 2.05) is 0 Å². The van der Waals surface area contributed by atoms with E-state index in [0.29, 0.717) is 6.42 Å². The Bertz CT molecular complexity index is 680. The van der Waals surface area contributed by atoms with E-state index in [4.69, 9.17) is 18.9 Å². The van der Waals surface area contributed by atoms with Crippen molar-refractivity contribution in [3.8, 4) is 0 Å². The molecule has 7 N–H and O–H groups in total. The molecule has 0 saturated carbocycles. The second kappa shape index (κ2) is 19.3. The van der Waals surface area contributed by atoms with E-state index in [1.165, 1.54) is 57.8 Å². The van der Waals surface area contributed by atoms with Crippen LogP contribution in [0.2, 0.25) is 0 Å². The van der Waals surface area contributed by atoms with Crippen molar-refractivity contribution in [1.82, 2.24) is 0 Å². The van der Waals surface area contributed by atoms with Crippen molar-refractivity contribution in [1.29, 1.82) is 0 Å². The van der Waals surface area contributed by atoms with Gasteiger partial charge in [-0.3, -0.25) is 4.79 Å². The second-order valence-electron chi connectivity index (χ2n) is 11.0. The minimum Gasteiger partial charge on any atom is -0.463 e. The summed E-state index contributed by atoms with van der Waals surface area (Å²) in [6.45, 7) is 1.13. The summed E-state index contributed by atoms with van der Waals surface area (Å²) in [5, 5.41) is 70.2. The van der Waals surface area contributed by atoms with Gasteiger partial charge in [0.1, 0.15) is 55.4 Å². The highest BCUT2D eigenvalue weighted by Crippen LogP contribution is 2.29. The first-order valence-corrected chi connectivity index (χ1v) is 15.0. The van der Waals surface area contributed by atoms with Gasteiger partial charge >= 0.3 is 5.97 Å². The van der Waals surface area contributed by atoms with Crippen molar-refractivity contribution in [2.75, 3.05) is 13.2 Å². The maximum absolute atomic E-state index is 12.2. The lowest BCUT2D eigenvalue weighted by Gasteiger charge is -2.45. The van der Waals surface area contributed by atoms with Crippen LogP contribution in [-0.2, 0) is 23.7 Å². The lowest BCUT2D eigenvalue weighted by atomic mass is 9.97. The van der Waals surface area contributed by atoms with E-state index in [0.717, 1.165) is 19.3 Å². The maximum Gasteiger partial charge on any atom is 0.305 e. The van der Waals surface area contributed by atoms with E-state index in [2.05, 4.69) is 6.92 Å². The largest absolute Gasteiger partial charge is 0.463 e. The third-order valence-corrected chi connectivity index (χ3v) is 7.69. The molecule has 2 fully saturated rings. The van der Waals surface area contributed by atoms with Gasteiger partial charge in [-0.1, -0.05) is 84.0 Å². The van der Waals surface area contributed by atoms with Gasteiger partial charge in [-0.2, -0.15) is 0 Å². The molecular weight excluding hydrogens is 528 g/mol. The number of hydrogen-bond acceptors (Lipinski definition) is 12. The van der Waals surface area contributed by atoms with Crippen molar-refractivity contribution < 1.29 is 59.5 Å². The molecule has 0 bridgehead atoms. The van der Waals surface area contributed by atoms with Crippen LogP contribution in [0.1, 0.15) is 96.8 Å². The Morgan fingerprint density at radius 2 is 1.20 bits per heavy atom. The highest BCUT2D eigenvalue weighted by Gasteiger charge is 2.50. The molecule has 0 aromatic heterocycles. The zero-order chi connectivity index (χ0) is 29.5. The quantitative estimate of drug-likeness (QED) is 0.0833. The Morgan fingerprint density at radius 1 is 0.650 bits per heavy atom. The summed E-state index contributed by atoms with van der Waals surface area (Å²) in [7, 11) is 0. The molecule has 10 atom stereocenters. The van der Waals surface area contributed by atoms with Crippen molar-refractivity contribution >= 4 is 5.97 Å². The van der Waals surface area contributed by atoms with E-state index < -0.39 is 80.6 Å². The summed E-state index contributed by atoms with van der Waals surface area (Å²) in [4.78, 5) is 12.2. The molecule has 0 aromatic rings. The molecule has 0 radical (unpaired) electrons. The van der Waals surface area contributed by atoms with Crippen molar-refractivity contribution in [3.63, 3.8) is 0 Å². The number of carbonyl (C=O) groups excluding carboxylic acids is 1. The van der Waals surface area contributed by atoms with Crippen LogP contribution in [0.5, 0.6) is 0 Å². The first kappa shape index (κ1) is 35.3. The van der Waals surface area contributed by atoms with Gasteiger partial charge in [0.25, 0.3) is 0 Å². The molecule has 2 rings (SSSR count). The summed E-state index contributed by atoms with van der Waals surface area (Å²) < 4.78 is 21.2. The molecule has 40 heavy (non-hydrogen) atoms. The summed E-state index contributed by atoms with van der Waals surface area (Å²) in [5.74, 6) is -0.481. The molecule has 12 nitrogen and oxygen atoms in total. The van der Waals surface area contributed by atoms with Crippen LogP contribution in [0.4, 0.5) is 0 Å². The van der Waals surface area contributed by atoms with E-state index in [1.54, 1.807) is 0 Å². The summed E-state index contributed by atoms with van der Waals surface area (Å²) in [6, 6.07) is 0. The number of hydrogen-bond donors (Lipinski definition) is 7. The fourth-order valence-corrected chi connectivity index (χ4v) is 5.09. The number of rotatable bonds is 19. The lowest BCUT2D eigenvalue weighted by Crippen LogP contribution is -2.64. The average Bonchev–Trinajstić information content (AvgIpc) is 2.94. The fourth-order valence-electron chi connectivity index (χ4n) is 5.09. The normalized spacial score (nSPS) is 34.6. The number of aliphatic hydroxyl groups excluding tert-OH is 7. The highest BCUT2D eigenvalue weighted by molar-refractivity contribution is 5.69. The van der Waals surface area contributed by atoms with Crippen molar-refractivity contribution in [2.24, 2.45) is 0 Å². The predicted molar refractivity (Wildman–Crippen MR) is 143 cm³/mol. The monoisotopic (exact) mass is 580 g/mol. The standard InChI is InChI=1S/C28H52O12/c1-2-3-4-5-6-7-8-9-10-11-12-13-14-15-20(30)37-17-19-21(31)22(32)25(35)28(39-19)40-26-18(16-29)38-27(36)24(34)23(26)33/h18-19,21-29,31-36H,2-17H2,1H3/t18-,19-,21+,22+,23-,24-,25-,26-,27+,28+/m1/s1. The van der Waals surface area contributed by atoms with Gasteiger partial charge in [0.05, 0.1) is 6.61 Å². The van der Waals surface area contributed by atoms with Crippen molar-refractivity contribution in [3.05, 3.63) is 0 Å². The van der Waals surface area contributed by atoms with Gasteiger partial charge in [0.2, 0.25) is 0 Å². The molecule has 0 aliphatic carbocycles. The van der Waals surface area contributed by atoms with E-state index >= 15 is 0 Å². The van der Waals surface area contributed by atoms with Crippen LogP contribution in [-0.4, -0.2) is 116 Å². The molecule has 236 valence electrons. The maximum atomic E-state index is 12.2. The fraction of sp³-hybridized carbons (Fsp3) is 0.964. The molecule has 0 amide bonds. The summed E-state index contributed by atoms with van der Waals surface area (Å²) >= 11 is 0. The smallest absolute Gasteiger partial charge is 0.305 e. The molecule has 2 saturated heterocycles. The number of aliphatic hydroxyl groups is 7. The average molecular weight is 581 g/mol. The predicted octanol–water partition coefficient (Wildman–Crippen LogP) is 0.635. The lowest BCUT2D eigenvalue weighted by molar-refractivity contribution is -0.355.